The largest absolute Gasteiger partial charge is 0.352 e. The van der Waals surface area contributed by atoms with E-state index in [4.69, 9.17) is 11.6 Å². The van der Waals surface area contributed by atoms with Crippen LogP contribution in [0.5, 0.6) is 0 Å². The third kappa shape index (κ3) is 3.65. The van der Waals surface area contributed by atoms with E-state index in [1.807, 2.05) is 19.9 Å². The van der Waals surface area contributed by atoms with Crippen LogP contribution in [-0.2, 0) is 0 Å². The number of benzene rings is 1. The topological polar surface area (TPSA) is 49.8 Å². The summed E-state index contributed by atoms with van der Waals surface area (Å²) in [6.07, 6.45) is 2.28. The maximum atomic E-state index is 13.9. The van der Waals surface area contributed by atoms with Gasteiger partial charge in [0.05, 0.1) is 11.4 Å². The molecule has 22 heavy (non-hydrogen) atoms. The molecule has 1 aliphatic carbocycles. The molecular weight excluding hydrogens is 303 g/mol. The van der Waals surface area contributed by atoms with Crippen molar-refractivity contribution < 1.29 is 4.39 Å². The average molecular weight is 321 g/mol. The molecule has 0 aliphatic heterocycles. The number of hydrogen-bond acceptors (Lipinski definition) is 4. The third-order valence-electron chi connectivity index (χ3n) is 3.35. The van der Waals surface area contributed by atoms with E-state index in [9.17, 15) is 4.39 Å². The maximum absolute atomic E-state index is 13.9. The second kappa shape index (κ2) is 6.08. The van der Waals surface area contributed by atoms with Gasteiger partial charge in [-0.3, -0.25) is 0 Å². The summed E-state index contributed by atoms with van der Waals surface area (Å²) in [5, 5.41) is 6.67. The van der Waals surface area contributed by atoms with Crippen LogP contribution in [0.2, 0.25) is 5.02 Å². The molecule has 0 saturated heterocycles. The highest BCUT2D eigenvalue weighted by Gasteiger charge is 2.26. The quantitative estimate of drug-likeness (QED) is 0.837. The summed E-state index contributed by atoms with van der Waals surface area (Å²) < 4.78 is 13.9. The number of rotatable bonds is 5. The molecule has 1 heterocycles. The van der Waals surface area contributed by atoms with Gasteiger partial charge in [0.2, 0.25) is 5.95 Å². The van der Waals surface area contributed by atoms with E-state index in [1.165, 1.54) is 12.1 Å². The number of nitrogens with zero attached hydrogens (tertiary/aromatic N) is 2. The third-order valence-corrected chi connectivity index (χ3v) is 3.59. The van der Waals surface area contributed by atoms with Gasteiger partial charge in [-0.2, -0.15) is 4.98 Å². The minimum absolute atomic E-state index is 0.227. The Morgan fingerprint density at radius 1 is 1.23 bits per heavy atom. The molecule has 0 unspecified atom stereocenters. The summed E-state index contributed by atoms with van der Waals surface area (Å²) in [6, 6.07) is 6.50. The molecule has 3 rings (SSSR count). The molecule has 0 bridgehead atoms. The van der Waals surface area contributed by atoms with Crippen molar-refractivity contribution in [3.8, 4) is 0 Å². The highest BCUT2D eigenvalue weighted by molar-refractivity contribution is 6.30. The summed E-state index contributed by atoms with van der Waals surface area (Å²) in [5.74, 6) is 1.25. The fourth-order valence-electron chi connectivity index (χ4n) is 2.17. The van der Waals surface area contributed by atoms with Crippen molar-refractivity contribution in [1.82, 2.24) is 9.97 Å². The zero-order valence-electron chi connectivity index (χ0n) is 12.5. The van der Waals surface area contributed by atoms with Crippen molar-refractivity contribution >= 4 is 29.1 Å². The van der Waals surface area contributed by atoms with E-state index in [-0.39, 0.29) is 11.9 Å². The Morgan fingerprint density at radius 2 is 2.00 bits per heavy atom. The Hall–Kier alpha value is -1.88. The molecule has 0 radical (unpaired) electrons. The first-order valence-electron chi connectivity index (χ1n) is 7.39. The normalized spacial score (nSPS) is 14.2. The van der Waals surface area contributed by atoms with Crippen molar-refractivity contribution in [2.75, 3.05) is 10.6 Å². The lowest BCUT2D eigenvalue weighted by molar-refractivity contribution is 0.632. The monoisotopic (exact) mass is 320 g/mol. The summed E-state index contributed by atoms with van der Waals surface area (Å²) >= 11 is 5.92. The molecule has 1 aliphatic rings. The van der Waals surface area contributed by atoms with E-state index in [0.717, 1.165) is 18.5 Å². The van der Waals surface area contributed by atoms with Crippen molar-refractivity contribution in [3.63, 3.8) is 0 Å². The molecule has 1 fully saturated rings. The number of anilines is 3. The summed E-state index contributed by atoms with van der Waals surface area (Å²) in [5.41, 5.74) is 1.30. The van der Waals surface area contributed by atoms with E-state index in [1.54, 1.807) is 6.07 Å². The predicted octanol–water partition coefficient (Wildman–Crippen LogP) is 4.71. The Balaban J connectivity index is 1.91. The molecule has 0 spiro atoms. The molecular formula is C16H18ClFN4. The molecule has 1 aromatic carbocycles. The van der Waals surface area contributed by atoms with Gasteiger partial charge >= 0.3 is 0 Å². The summed E-state index contributed by atoms with van der Waals surface area (Å²) in [4.78, 5) is 8.94. The Kier molecular flexibility index (Phi) is 4.16. The number of nitrogens with one attached hydrogen (secondary N) is 2. The SMILES string of the molecule is CC(C)Nc1nc(Nc2cc(Cl)ccc2F)cc(C2CC2)n1. The highest BCUT2D eigenvalue weighted by Crippen LogP contribution is 2.40. The van der Waals surface area contributed by atoms with Crippen LogP contribution in [0.3, 0.4) is 0 Å². The van der Waals surface area contributed by atoms with Gasteiger partial charge in [-0.05, 0) is 44.9 Å². The number of hydrogen-bond donors (Lipinski definition) is 2. The van der Waals surface area contributed by atoms with Gasteiger partial charge in [-0.15, -0.1) is 0 Å². The minimum Gasteiger partial charge on any atom is -0.352 e. The number of aromatic nitrogens is 2. The molecule has 2 N–H and O–H groups in total. The van der Waals surface area contributed by atoms with Gasteiger partial charge in [-0.25, -0.2) is 9.37 Å². The average Bonchev–Trinajstić information content (AvgIpc) is 3.26. The molecule has 1 saturated carbocycles. The van der Waals surface area contributed by atoms with Crippen LogP contribution in [-0.4, -0.2) is 16.0 Å². The number of halogens is 2. The predicted molar refractivity (Wildman–Crippen MR) is 87.5 cm³/mol. The highest BCUT2D eigenvalue weighted by atomic mass is 35.5. The van der Waals surface area contributed by atoms with Gasteiger partial charge in [-0.1, -0.05) is 11.6 Å². The first-order chi connectivity index (χ1) is 10.5. The molecule has 2 aromatic rings. The van der Waals surface area contributed by atoms with Gasteiger partial charge in [0.25, 0.3) is 0 Å². The van der Waals surface area contributed by atoms with Crippen molar-refractivity contribution in [1.29, 1.82) is 0 Å². The van der Waals surface area contributed by atoms with Gasteiger partial charge in [0.15, 0.2) is 0 Å². The van der Waals surface area contributed by atoms with Crippen LogP contribution < -0.4 is 10.6 Å². The zero-order chi connectivity index (χ0) is 15.7. The smallest absolute Gasteiger partial charge is 0.225 e. The molecule has 6 heteroatoms. The van der Waals surface area contributed by atoms with E-state index in [2.05, 4.69) is 20.6 Å². The first-order valence-corrected chi connectivity index (χ1v) is 7.76. The van der Waals surface area contributed by atoms with Crippen molar-refractivity contribution in [3.05, 3.63) is 40.8 Å². The summed E-state index contributed by atoms with van der Waals surface area (Å²) in [6.45, 7) is 4.05. The molecule has 0 amide bonds. The Morgan fingerprint density at radius 3 is 2.68 bits per heavy atom. The lowest BCUT2D eigenvalue weighted by Gasteiger charge is -2.13. The second-order valence-electron chi connectivity index (χ2n) is 5.82. The second-order valence-corrected chi connectivity index (χ2v) is 6.26. The van der Waals surface area contributed by atoms with Gasteiger partial charge < -0.3 is 10.6 Å². The molecule has 1 aromatic heterocycles. The van der Waals surface area contributed by atoms with E-state index < -0.39 is 0 Å². The molecule has 116 valence electrons. The molecule has 4 nitrogen and oxygen atoms in total. The van der Waals surface area contributed by atoms with E-state index in [0.29, 0.717) is 28.4 Å². The lowest BCUT2D eigenvalue weighted by atomic mass is 10.2. The standard InChI is InChI=1S/C16H18ClFN4/c1-9(2)19-16-21-13(10-3-4-10)8-15(22-16)20-14-7-11(17)5-6-12(14)18/h5-10H,3-4H2,1-2H3,(H2,19,20,21,22). The fraction of sp³-hybridized carbons (Fsp3) is 0.375. The maximum Gasteiger partial charge on any atom is 0.225 e. The zero-order valence-corrected chi connectivity index (χ0v) is 13.3. The van der Waals surface area contributed by atoms with Crippen LogP contribution in [0.1, 0.15) is 38.3 Å². The fourth-order valence-corrected chi connectivity index (χ4v) is 2.34. The van der Waals surface area contributed by atoms with Crippen molar-refractivity contribution in [2.45, 2.75) is 38.6 Å². The van der Waals surface area contributed by atoms with Crippen LogP contribution in [0.4, 0.5) is 21.8 Å². The lowest BCUT2D eigenvalue weighted by Crippen LogP contribution is -2.14. The Bertz CT molecular complexity index is 686. The van der Waals surface area contributed by atoms with Crippen LogP contribution in [0.25, 0.3) is 0 Å². The van der Waals surface area contributed by atoms with Gasteiger partial charge in [0.1, 0.15) is 11.6 Å². The molecule has 0 atom stereocenters. The van der Waals surface area contributed by atoms with Crippen molar-refractivity contribution in [2.24, 2.45) is 0 Å². The summed E-state index contributed by atoms with van der Waals surface area (Å²) in [7, 11) is 0. The van der Waals surface area contributed by atoms with Crippen LogP contribution >= 0.6 is 11.6 Å². The van der Waals surface area contributed by atoms with Crippen LogP contribution in [0, 0.1) is 5.82 Å². The first kappa shape index (κ1) is 15.0. The van der Waals surface area contributed by atoms with Gasteiger partial charge in [0, 0.05) is 23.0 Å². The minimum atomic E-state index is -0.366. The Labute approximate surface area is 134 Å². The van der Waals surface area contributed by atoms with E-state index >= 15 is 0 Å². The van der Waals surface area contributed by atoms with Crippen LogP contribution in [0.15, 0.2) is 24.3 Å².